The minimum Gasteiger partial charge on any atom is -0.355 e. The van der Waals surface area contributed by atoms with Gasteiger partial charge in [-0.3, -0.25) is 9.59 Å². The van der Waals surface area contributed by atoms with Crippen molar-refractivity contribution >= 4 is 53.1 Å². The molecule has 8 heteroatoms. The Morgan fingerprint density at radius 1 is 1.35 bits per heavy atom. The predicted octanol–water partition coefficient (Wildman–Crippen LogP) is 3.27. The van der Waals surface area contributed by atoms with E-state index in [0.717, 1.165) is 25.9 Å². The monoisotopic (exact) mass is 419 g/mol. The molecular weight excluding hydrogens is 397 g/mol. The van der Waals surface area contributed by atoms with E-state index in [4.69, 9.17) is 23.2 Å². The Bertz CT molecular complexity index is 678. The van der Waals surface area contributed by atoms with E-state index in [1.165, 1.54) is 0 Å². The lowest BCUT2D eigenvalue weighted by molar-refractivity contribution is -0.132. The molecule has 5 nitrogen and oxygen atoms in total. The van der Waals surface area contributed by atoms with Crippen molar-refractivity contribution in [2.45, 2.75) is 26.2 Å². The van der Waals surface area contributed by atoms with E-state index in [1.807, 2.05) is 0 Å². The smallest absolute Gasteiger partial charge is 0.239 e. The second-order valence-electron chi connectivity index (χ2n) is 7.21. The maximum absolute atomic E-state index is 12.7. The Morgan fingerprint density at radius 2 is 2.04 bits per heavy atom. The van der Waals surface area contributed by atoms with E-state index >= 15 is 0 Å². The lowest BCUT2D eigenvalue weighted by Gasteiger charge is -2.34. The molecule has 1 unspecified atom stereocenters. The molecule has 2 fully saturated rings. The second-order valence-corrected chi connectivity index (χ2v) is 8.05. The molecule has 2 amide bonds. The molecule has 0 spiro atoms. The highest BCUT2D eigenvalue weighted by Gasteiger charge is 2.39. The fourth-order valence-electron chi connectivity index (χ4n) is 3.49. The average Bonchev–Trinajstić information content (AvgIpc) is 2.97. The first-order chi connectivity index (χ1) is 11.9. The number of amides is 2. The van der Waals surface area contributed by atoms with Crippen molar-refractivity contribution in [2.75, 3.05) is 31.1 Å². The molecule has 1 aromatic rings. The maximum atomic E-state index is 12.7. The second kappa shape index (κ2) is 8.79. The van der Waals surface area contributed by atoms with Crippen molar-refractivity contribution < 1.29 is 9.59 Å². The molecule has 0 radical (unpaired) electrons. The van der Waals surface area contributed by atoms with Crippen molar-refractivity contribution in [1.82, 2.24) is 10.6 Å². The van der Waals surface area contributed by atoms with Crippen LogP contribution in [0.2, 0.25) is 10.0 Å². The number of halogens is 3. The van der Waals surface area contributed by atoms with Gasteiger partial charge in [0.05, 0.1) is 10.7 Å². The highest BCUT2D eigenvalue weighted by Crippen LogP contribution is 2.34. The van der Waals surface area contributed by atoms with E-state index in [9.17, 15) is 9.59 Å². The Labute approximate surface area is 170 Å². The number of anilines is 1. The molecule has 2 saturated heterocycles. The maximum Gasteiger partial charge on any atom is 0.239 e. The molecule has 0 saturated carbocycles. The number of nitrogens with one attached hydrogen (secondary N) is 2. The number of piperidine rings is 1. The van der Waals surface area contributed by atoms with Crippen LogP contribution in [0, 0.1) is 11.3 Å². The van der Waals surface area contributed by atoms with Crippen molar-refractivity contribution in [1.29, 1.82) is 0 Å². The summed E-state index contributed by atoms with van der Waals surface area (Å²) in [6.07, 6.45) is 2.54. The van der Waals surface area contributed by atoms with Crippen LogP contribution in [0.15, 0.2) is 18.2 Å². The largest absolute Gasteiger partial charge is 0.355 e. The molecule has 1 atom stereocenters. The fraction of sp³-hybridized carbons (Fsp3) is 0.556. The van der Waals surface area contributed by atoms with Crippen LogP contribution in [0.3, 0.4) is 0 Å². The summed E-state index contributed by atoms with van der Waals surface area (Å²) in [5.74, 6) is -1.05. The molecule has 2 aliphatic heterocycles. The van der Waals surface area contributed by atoms with Crippen LogP contribution in [0.25, 0.3) is 0 Å². The predicted molar refractivity (Wildman–Crippen MR) is 107 cm³/mol. The van der Waals surface area contributed by atoms with Crippen LogP contribution in [-0.2, 0) is 9.59 Å². The molecule has 0 bridgehead atoms. The normalized spacial score (nSPS) is 22.0. The molecule has 1 aromatic carbocycles. The van der Waals surface area contributed by atoms with Gasteiger partial charge in [0.2, 0.25) is 11.8 Å². The third kappa shape index (κ3) is 4.63. The summed E-state index contributed by atoms with van der Waals surface area (Å²) in [6.45, 7) is 5.20. The summed E-state index contributed by atoms with van der Waals surface area (Å²) in [5.41, 5.74) is 0.665. The first-order valence-corrected chi connectivity index (χ1v) is 9.40. The van der Waals surface area contributed by atoms with Gasteiger partial charge in [-0.1, -0.05) is 30.1 Å². The lowest BCUT2D eigenvalue weighted by atomic mass is 9.81. The van der Waals surface area contributed by atoms with Gasteiger partial charge < -0.3 is 15.5 Å². The van der Waals surface area contributed by atoms with Crippen LogP contribution in [-0.4, -0.2) is 38.0 Å². The van der Waals surface area contributed by atoms with Crippen LogP contribution in [0.1, 0.15) is 26.2 Å². The van der Waals surface area contributed by atoms with E-state index in [2.05, 4.69) is 17.6 Å². The van der Waals surface area contributed by atoms with E-state index in [-0.39, 0.29) is 29.6 Å². The van der Waals surface area contributed by atoms with Gasteiger partial charge in [-0.25, -0.2) is 0 Å². The van der Waals surface area contributed by atoms with Crippen LogP contribution in [0.5, 0.6) is 0 Å². The number of hydrogen-bond donors (Lipinski definition) is 2. The summed E-state index contributed by atoms with van der Waals surface area (Å²) in [7, 11) is 0. The van der Waals surface area contributed by atoms with Gasteiger partial charge in [0.25, 0.3) is 0 Å². The molecular formula is C18H24Cl3N3O2. The van der Waals surface area contributed by atoms with Crippen molar-refractivity contribution in [2.24, 2.45) is 11.3 Å². The topological polar surface area (TPSA) is 61.4 Å². The van der Waals surface area contributed by atoms with Gasteiger partial charge in [-0.15, -0.1) is 12.4 Å². The average molecular weight is 421 g/mol. The number of carbonyl (C=O) groups excluding carboxylic acids is 2. The lowest BCUT2D eigenvalue weighted by Crippen LogP contribution is -2.45. The van der Waals surface area contributed by atoms with Crippen molar-refractivity contribution in [3.8, 4) is 0 Å². The zero-order chi connectivity index (χ0) is 18.0. The summed E-state index contributed by atoms with van der Waals surface area (Å²) in [6, 6.07) is 5.01. The van der Waals surface area contributed by atoms with Gasteiger partial charge in [-0.2, -0.15) is 0 Å². The molecule has 26 heavy (non-hydrogen) atoms. The Morgan fingerprint density at radius 3 is 2.73 bits per heavy atom. The van der Waals surface area contributed by atoms with E-state index in [1.54, 1.807) is 23.1 Å². The number of rotatable bonds is 4. The van der Waals surface area contributed by atoms with Gasteiger partial charge >= 0.3 is 0 Å². The standard InChI is InChI=1S/C18H23Cl2N3O2.ClH/c1-18(5-7-21-8-6-18)11-22-16(24)13-4-9-23(17(13)25)15-10-12(19)2-3-14(15)20;/h2-3,10,13,21H,4-9,11H2,1H3,(H,22,24);1H. The minimum absolute atomic E-state index is 0. The zero-order valence-corrected chi connectivity index (χ0v) is 17.0. The summed E-state index contributed by atoms with van der Waals surface area (Å²) >= 11 is 12.2. The Hall–Kier alpha value is -1.01. The number of carbonyl (C=O) groups is 2. The number of benzene rings is 1. The summed E-state index contributed by atoms with van der Waals surface area (Å²) in [4.78, 5) is 26.8. The quantitative estimate of drug-likeness (QED) is 0.735. The van der Waals surface area contributed by atoms with E-state index < -0.39 is 5.92 Å². The molecule has 2 N–H and O–H groups in total. The Kier molecular flexibility index (Phi) is 7.19. The molecule has 0 aromatic heterocycles. The highest BCUT2D eigenvalue weighted by molar-refractivity contribution is 6.36. The van der Waals surface area contributed by atoms with Gasteiger partial charge in [0.15, 0.2) is 0 Å². The minimum atomic E-state index is -0.652. The van der Waals surface area contributed by atoms with Crippen molar-refractivity contribution in [3.63, 3.8) is 0 Å². The Balaban J connectivity index is 0.00000243. The molecule has 144 valence electrons. The molecule has 2 heterocycles. The first kappa shape index (κ1) is 21.3. The third-order valence-corrected chi connectivity index (χ3v) is 5.78. The van der Waals surface area contributed by atoms with Gasteiger partial charge in [0.1, 0.15) is 5.92 Å². The molecule has 3 rings (SSSR count). The molecule has 2 aliphatic rings. The zero-order valence-electron chi connectivity index (χ0n) is 14.7. The fourth-order valence-corrected chi connectivity index (χ4v) is 3.87. The first-order valence-electron chi connectivity index (χ1n) is 8.64. The van der Waals surface area contributed by atoms with Gasteiger partial charge in [-0.05, 0) is 56.0 Å². The van der Waals surface area contributed by atoms with Crippen LogP contribution >= 0.6 is 35.6 Å². The number of hydrogen-bond acceptors (Lipinski definition) is 3. The van der Waals surface area contributed by atoms with Gasteiger partial charge in [0, 0.05) is 18.1 Å². The number of nitrogens with zero attached hydrogens (tertiary/aromatic N) is 1. The van der Waals surface area contributed by atoms with Crippen molar-refractivity contribution in [3.05, 3.63) is 28.2 Å². The SMILES string of the molecule is CC1(CNC(=O)C2CCN(c3cc(Cl)ccc3Cl)C2=O)CCNCC1.Cl. The van der Waals surface area contributed by atoms with Crippen LogP contribution in [0.4, 0.5) is 5.69 Å². The summed E-state index contributed by atoms with van der Waals surface area (Å²) in [5, 5.41) is 7.29. The van der Waals surface area contributed by atoms with E-state index in [0.29, 0.717) is 35.2 Å². The molecule has 0 aliphatic carbocycles. The van der Waals surface area contributed by atoms with Crippen LogP contribution < -0.4 is 15.5 Å². The highest BCUT2D eigenvalue weighted by atomic mass is 35.5. The summed E-state index contributed by atoms with van der Waals surface area (Å²) < 4.78 is 0. The third-order valence-electron chi connectivity index (χ3n) is 5.22.